The Hall–Kier alpha value is -1.96. The van der Waals surface area contributed by atoms with Crippen molar-refractivity contribution < 1.29 is 4.52 Å². The molecule has 1 atom stereocenters. The molecule has 3 rings (SSSR count). The summed E-state index contributed by atoms with van der Waals surface area (Å²) in [5.41, 5.74) is 1.89. The number of aryl methyl sites for hydroxylation is 3. The molecule has 0 aliphatic carbocycles. The van der Waals surface area contributed by atoms with Gasteiger partial charge in [0, 0.05) is 7.05 Å². The number of nitrogens with one attached hydrogen (secondary N) is 1. The van der Waals surface area contributed by atoms with Crippen LogP contribution < -0.4 is 5.32 Å². The van der Waals surface area contributed by atoms with Crippen molar-refractivity contribution in [3.63, 3.8) is 0 Å². The predicted octanol–water partition coefficient (Wildman–Crippen LogP) is 2.59. The van der Waals surface area contributed by atoms with Crippen molar-refractivity contribution >= 4 is 26.8 Å². The van der Waals surface area contributed by atoms with Crippen molar-refractivity contribution in [2.24, 2.45) is 7.05 Å². The molecule has 1 unspecified atom stereocenters. The number of hydrogen-bond donors (Lipinski definition) is 1. The van der Waals surface area contributed by atoms with E-state index >= 15 is 0 Å². The summed E-state index contributed by atoms with van der Waals surface area (Å²) in [5.74, 6) is 1.24. The number of hydrogen-bond acceptors (Lipinski definition) is 7. The highest BCUT2D eigenvalue weighted by Gasteiger charge is 2.19. The second kappa shape index (κ2) is 4.86. The summed E-state index contributed by atoms with van der Waals surface area (Å²) in [4.78, 5) is 8.84. The summed E-state index contributed by atoms with van der Waals surface area (Å²) in [7, 11) is 1.90. The molecule has 0 aliphatic heterocycles. The molecule has 106 valence electrons. The van der Waals surface area contributed by atoms with Crippen LogP contribution in [0.25, 0.3) is 10.3 Å². The van der Waals surface area contributed by atoms with Crippen LogP contribution >= 0.6 is 11.3 Å². The summed E-state index contributed by atoms with van der Waals surface area (Å²) < 4.78 is 8.13. The Morgan fingerprint density at radius 1 is 1.35 bits per heavy atom. The fourth-order valence-corrected chi connectivity index (χ4v) is 3.07. The highest BCUT2D eigenvalue weighted by Crippen LogP contribution is 2.31. The fraction of sp³-hybridized carbons (Fsp3) is 0.500. The lowest BCUT2D eigenvalue weighted by atomic mass is 10.2. The second-order valence-corrected chi connectivity index (χ2v) is 5.66. The first kappa shape index (κ1) is 13.0. The Labute approximate surface area is 120 Å². The molecule has 0 radical (unpaired) electrons. The average Bonchev–Trinajstić information content (AvgIpc) is 3.07. The normalized spacial score (nSPS) is 13.0. The summed E-state index contributed by atoms with van der Waals surface area (Å²) >= 11 is 1.59. The fourth-order valence-electron chi connectivity index (χ4n) is 2.09. The van der Waals surface area contributed by atoms with E-state index in [4.69, 9.17) is 4.52 Å². The van der Waals surface area contributed by atoms with Gasteiger partial charge in [-0.25, -0.2) is 9.67 Å². The monoisotopic (exact) mass is 292 g/mol. The summed E-state index contributed by atoms with van der Waals surface area (Å²) in [5, 5.41) is 12.4. The lowest BCUT2D eigenvalue weighted by molar-refractivity contribution is 0.356. The van der Waals surface area contributed by atoms with Gasteiger partial charge in [-0.2, -0.15) is 10.1 Å². The van der Waals surface area contributed by atoms with E-state index < -0.39 is 0 Å². The molecule has 0 aromatic carbocycles. The van der Waals surface area contributed by atoms with Crippen LogP contribution in [-0.2, 0) is 7.05 Å². The highest BCUT2D eigenvalue weighted by atomic mass is 32.1. The molecule has 0 bridgehead atoms. The van der Waals surface area contributed by atoms with E-state index in [2.05, 4.69) is 32.5 Å². The summed E-state index contributed by atoms with van der Waals surface area (Å²) in [6.45, 7) is 5.87. The maximum absolute atomic E-state index is 5.23. The smallest absolute Gasteiger partial charge is 0.249 e. The SMILES string of the molecule is CCC(Nc1nc2c(s1)c(C)nn2C)c1nc(C)no1. The average molecular weight is 292 g/mol. The van der Waals surface area contributed by atoms with Crippen molar-refractivity contribution in [3.05, 3.63) is 17.4 Å². The van der Waals surface area contributed by atoms with Gasteiger partial charge in [-0.15, -0.1) is 0 Å². The predicted molar refractivity (Wildman–Crippen MR) is 76.8 cm³/mol. The molecule has 0 saturated carbocycles. The van der Waals surface area contributed by atoms with Crippen molar-refractivity contribution in [1.82, 2.24) is 24.9 Å². The maximum atomic E-state index is 5.23. The standard InChI is InChI=1S/C12H16N6OS/c1-5-8(11-13-7(3)17-19-11)14-12-15-10-9(20-12)6(2)16-18(10)4/h8H,5H2,1-4H3,(H,14,15). The number of anilines is 1. The number of aromatic nitrogens is 5. The van der Waals surface area contributed by atoms with Crippen molar-refractivity contribution in [2.75, 3.05) is 5.32 Å². The molecule has 8 heteroatoms. The van der Waals surface area contributed by atoms with Crippen molar-refractivity contribution in [2.45, 2.75) is 33.2 Å². The molecule has 0 amide bonds. The topological polar surface area (TPSA) is 81.7 Å². The van der Waals surface area contributed by atoms with Gasteiger partial charge in [-0.1, -0.05) is 23.4 Å². The van der Waals surface area contributed by atoms with Crippen LogP contribution in [0.15, 0.2) is 4.52 Å². The Morgan fingerprint density at radius 2 is 2.15 bits per heavy atom. The highest BCUT2D eigenvalue weighted by molar-refractivity contribution is 7.22. The molecule has 1 N–H and O–H groups in total. The van der Waals surface area contributed by atoms with Crippen LogP contribution in [-0.4, -0.2) is 24.9 Å². The zero-order chi connectivity index (χ0) is 14.3. The molecule has 7 nitrogen and oxygen atoms in total. The second-order valence-electron chi connectivity index (χ2n) is 4.67. The van der Waals surface area contributed by atoms with Gasteiger partial charge in [0.05, 0.1) is 10.4 Å². The minimum absolute atomic E-state index is 0.0231. The van der Waals surface area contributed by atoms with Crippen LogP contribution in [0.5, 0.6) is 0 Å². The molecule has 3 heterocycles. The Morgan fingerprint density at radius 3 is 2.75 bits per heavy atom. The zero-order valence-corrected chi connectivity index (χ0v) is 12.7. The quantitative estimate of drug-likeness (QED) is 0.796. The minimum Gasteiger partial charge on any atom is -0.350 e. The molecule has 0 saturated heterocycles. The summed E-state index contributed by atoms with van der Waals surface area (Å²) in [6, 6.07) is -0.0231. The van der Waals surface area contributed by atoms with Crippen LogP contribution in [0.3, 0.4) is 0 Å². The molecule has 20 heavy (non-hydrogen) atoms. The van der Waals surface area contributed by atoms with Gasteiger partial charge in [0.15, 0.2) is 16.6 Å². The van der Waals surface area contributed by atoms with Crippen LogP contribution in [0.1, 0.15) is 36.8 Å². The molecule has 3 aromatic heterocycles. The van der Waals surface area contributed by atoms with E-state index in [0.717, 1.165) is 27.6 Å². The Kier molecular flexibility index (Phi) is 3.17. The van der Waals surface area contributed by atoms with E-state index in [1.54, 1.807) is 16.0 Å². The first-order valence-corrected chi connectivity index (χ1v) is 7.27. The van der Waals surface area contributed by atoms with Gasteiger partial charge in [0.1, 0.15) is 6.04 Å². The minimum atomic E-state index is -0.0231. The molecule has 0 fully saturated rings. The Bertz CT molecular complexity index is 708. The third kappa shape index (κ3) is 2.15. The van der Waals surface area contributed by atoms with E-state index in [1.807, 2.05) is 20.9 Å². The molecular weight excluding hydrogens is 276 g/mol. The number of fused-ring (bicyclic) bond motifs is 1. The van der Waals surface area contributed by atoms with Gasteiger partial charge in [0.25, 0.3) is 0 Å². The lowest BCUT2D eigenvalue weighted by Crippen LogP contribution is -2.10. The van der Waals surface area contributed by atoms with E-state index in [0.29, 0.717) is 11.7 Å². The third-order valence-corrected chi connectivity index (χ3v) is 4.18. The maximum Gasteiger partial charge on any atom is 0.249 e. The first-order valence-electron chi connectivity index (χ1n) is 6.45. The van der Waals surface area contributed by atoms with Crippen molar-refractivity contribution in [3.8, 4) is 0 Å². The van der Waals surface area contributed by atoms with E-state index in [-0.39, 0.29) is 6.04 Å². The van der Waals surface area contributed by atoms with Crippen molar-refractivity contribution in [1.29, 1.82) is 0 Å². The Balaban J connectivity index is 1.89. The largest absolute Gasteiger partial charge is 0.350 e. The van der Waals surface area contributed by atoms with Gasteiger partial charge in [0.2, 0.25) is 5.89 Å². The van der Waals surface area contributed by atoms with Crippen LogP contribution in [0.4, 0.5) is 5.13 Å². The van der Waals surface area contributed by atoms with E-state index in [9.17, 15) is 0 Å². The third-order valence-electron chi connectivity index (χ3n) is 3.09. The van der Waals surface area contributed by atoms with E-state index in [1.165, 1.54) is 0 Å². The lowest BCUT2D eigenvalue weighted by Gasteiger charge is -2.10. The number of thiazole rings is 1. The number of rotatable bonds is 4. The summed E-state index contributed by atoms with van der Waals surface area (Å²) in [6.07, 6.45) is 0.842. The van der Waals surface area contributed by atoms with Gasteiger partial charge >= 0.3 is 0 Å². The molecule has 3 aromatic rings. The molecule has 0 aliphatic rings. The number of nitrogens with zero attached hydrogens (tertiary/aromatic N) is 5. The first-order chi connectivity index (χ1) is 9.58. The molecule has 0 spiro atoms. The van der Waals surface area contributed by atoms with Gasteiger partial charge in [-0.3, -0.25) is 0 Å². The van der Waals surface area contributed by atoms with Crippen LogP contribution in [0, 0.1) is 13.8 Å². The zero-order valence-electron chi connectivity index (χ0n) is 11.8. The van der Waals surface area contributed by atoms with Gasteiger partial charge in [-0.05, 0) is 20.3 Å². The van der Waals surface area contributed by atoms with Gasteiger partial charge < -0.3 is 9.84 Å². The van der Waals surface area contributed by atoms with Crippen LogP contribution in [0.2, 0.25) is 0 Å². The molecular formula is C12H16N6OS.